The molecule has 0 amide bonds. The highest BCUT2D eigenvalue weighted by molar-refractivity contribution is 5.85. The molecular formula is C86H130N16. The largest absolute Gasteiger partial charge is 0.265 e. The summed E-state index contributed by atoms with van der Waals surface area (Å²) >= 11 is 0. The van der Waals surface area contributed by atoms with Gasteiger partial charge in [0.25, 0.3) is 0 Å². The minimum Gasteiger partial charge on any atom is -0.265 e. The molecule has 0 aliphatic heterocycles. The van der Waals surface area contributed by atoms with Crippen LogP contribution in [-0.2, 0) is 0 Å². The fraction of sp³-hybridized carbons (Fsp3) is 0.349. The van der Waals surface area contributed by atoms with Gasteiger partial charge in [-0.05, 0) is 162 Å². The first kappa shape index (κ1) is 105. The van der Waals surface area contributed by atoms with E-state index in [-0.39, 0.29) is 0 Å². The Balaban J connectivity index is -0.000000192. The van der Waals surface area contributed by atoms with E-state index in [1.807, 2.05) is 273 Å². The second-order valence-electron chi connectivity index (χ2n) is 17.6. The Bertz CT molecular complexity index is 3130. The van der Waals surface area contributed by atoms with E-state index in [4.69, 9.17) is 0 Å². The summed E-state index contributed by atoms with van der Waals surface area (Å²) in [7, 11) is 0. The van der Waals surface area contributed by atoms with E-state index in [2.05, 4.69) is 161 Å². The molecule has 0 saturated carbocycles. The summed E-state index contributed by atoms with van der Waals surface area (Å²) < 4.78 is 0. The van der Waals surface area contributed by atoms with Gasteiger partial charge in [-0.3, -0.25) is 34.9 Å². The number of hydrogen-bond donors (Lipinski definition) is 0. The van der Waals surface area contributed by atoms with Gasteiger partial charge in [-0.1, -0.05) is 205 Å². The van der Waals surface area contributed by atoms with Gasteiger partial charge < -0.3 is 0 Å². The van der Waals surface area contributed by atoms with Crippen molar-refractivity contribution in [2.45, 2.75) is 208 Å². The first-order valence-corrected chi connectivity index (χ1v) is 36.0. The van der Waals surface area contributed by atoms with Gasteiger partial charge in [-0.25, -0.2) is 44.9 Å². The fourth-order valence-corrected chi connectivity index (χ4v) is 6.46. The molecule has 0 saturated heterocycles. The van der Waals surface area contributed by atoms with Crippen molar-refractivity contribution < 1.29 is 0 Å². The quantitative estimate of drug-likeness (QED) is 0.138. The Hall–Kier alpha value is -10.5. The van der Waals surface area contributed by atoms with E-state index >= 15 is 0 Å². The lowest BCUT2D eigenvalue weighted by Crippen LogP contribution is -1.84. The summed E-state index contributed by atoms with van der Waals surface area (Å²) in [6.45, 7) is 59.8. The van der Waals surface area contributed by atoms with Crippen molar-refractivity contribution in [3.05, 3.63) is 302 Å². The number of aryl methyl sites for hydroxylation is 10. The van der Waals surface area contributed by atoms with Crippen LogP contribution in [0.4, 0.5) is 0 Å². The van der Waals surface area contributed by atoms with Crippen LogP contribution in [0.3, 0.4) is 0 Å². The maximum Gasteiger partial charge on any atom is 0.128 e. The second kappa shape index (κ2) is 82.9. The highest BCUT2D eigenvalue weighted by Gasteiger charge is 1.96. The predicted octanol–water partition coefficient (Wildman–Crippen LogP) is 24.0. The smallest absolute Gasteiger partial charge is 0.128 e. The topological polar surface area (TPSA) is 206 Å². The normalized spacial score (nSPS) is 8.10. The van der Waals surface area contributed by atoms with Crippen LogP contribution < -0.4 is 0 Å². The number of rotatable bonds is 0. The summed E-state index contributed by atoms with van der Waals surface area (Å²) in [5.41, 5.74) is 10.5. The average Bonchev–Trinajstić information content (AvgIpc) is 0.863. The lowest BCUT2D eigenvalue weighted by atomic mass is 10.1. The van der Waals surface area contributed by atoms with Crippen LogP contribution in [-0.4, -0.2) is 79.7 Å². The summed E-state index contributed by atoms with van der Waals surface area (Å²) in [6, 6.07) is 38.4. The Labute approximate surface area is 619 Å². The first-order chi connectivity index (χ1) is 49.9. The minimum absolute atomic E-state index is 0.759. The Morgan fingerprint density at radius 1 is 0.196 bits per heavy atom. The molecule has 0 bridgehead atoms. The molecule has 10 heterocycles. The van der Waals surface area contributed by atoms with Crippen molar-refractivity contribution in [1.29, 1.82) is 0 Å². The summed E-state index contributed by atoms with van der Waals surface area (Å²) in [6.07, 6.45) is 36.2. The maximum absolute atomic E-state index is 4.28. The van der Waals surface area contributed by atoms with Gasteiger partial charge in [-0.15, -0.1) is 0 Å². The highest BCUT2D eigenvalue weighted by atomic mass is 15.0. The van der Waals surface area contributed by atoms with E-state index < -0.39 is 0 Å². The third-order valence-electron chi connectivity index (χ3n) is 10.7. The van der Waals surface area contributed by atoms with Crippen LogP contribution in [0.5, 0.6) is 0 Å². The number of pyridine rings is 5. The van der Waals surface area contributed by atoms with Gasteiger partial charge in [-0.2, -0.15) is 0 Å². The van der Waals surface area contributed by atoms with Crippen molar-refractivity contribution in [3.8, 4) is 0 Å². The fourth-order valence-electron chi connectivity index (χ4n) is 6.46. The molecule has 0 N–H and O–H groups in total. The van der Waals surface area contributed by atoms with Crippen LogP contribution in [0.2, 0.25) is 0 Å². The second-order valence-corrected chi connectivity index (χ2v) is 17.6. The molecule has 13 aromatic rings. The molecule has 0 aliphatic carbocycles. The molecule has 102 heavy (non-hydrogen) atoms. The zero-order valence-corrected chi connectivity index (χ0v) is 68.2. The molecule has 554 valence electrons. The minimum atomic E-state index is 0.759. The van der Waals surface area contributed by atoms with E-state index in [1.165, 1.54) is 80.1 Å². The summed E-state index contributed by atoms with van der Waals surface area (Å²) in [5.74, 6) is 1.58. The van der Waals surface area contributed by atoms with Gasteiger partial charge in [0.05, 0.1) is 11.2 Å². The van der Waals surface area contributed by atoms with Crippen molar-refractivity contribution >= 4 is 32.4 Å². The Morgan fingerprint density at radius 2 is 0.637 bits per heavy atom. The zero-order valence-electron chi connectivity index (χ0n) is 68.2. The molecule has 0 unspecified atom stereocenters. The molecule has 0 spiro atoms. The van der Waals surface area contributed by atoms with Crippen LogP contribution in [0.25, 0.3) is 32.4 Å². The van der Waals surface area contributed by atoms with E-state index in [0.29, 0.717) is 0 Å². The number of para-hydroxylation sites is 1. The third-order valence-corrected chi connectivity index (χ3v) is 10.7. The molecular weight excluding hydrogens is 1260 g/mol. The van der Waals surface area contributed by atoms with Gasteiger partial charge >= 0.3 is 0 Å². The Morgan fingerprint density at radius 3 is 1.01 bits per heavy atom. The van der Waals surface area contributed by atoms with Gasteiger partial charge in [0.15, 0.2) is 0 Å². The average molecular weight is 1390 g/mol. The van der Waals surface area contributed by atoms with Crippen molar-refractivity contribution in [2.24, 2.45) is 0 Å². The molecule has 0 fully saturated rings. The predicted molar refractivity (Wildman–Crippen MR) is 443 cm³/mol. The standard InChI is InChI=1S/3C10H9N.2C6H7N.4C5H6N2.C4H5N3.10C2H6/c1-8-4-2-5-9-6-3-7-11-10(8)9;1-8-3-2-4-9-7-11-6-5-10(8)9;1-8-3-2-4-9-5-6-11-7-10(8)9;1-6-2-4-7-5-3-6;1-6-3-2-4-7-5-6;1-5-2-6-4-7-3-5;1-5-4-6-2-3-7-5;1-5-2-3-6-4-7-5;1-5-6-3-2-4-7-5;1-4-6-2-5-3-7-4;10*1-2/h3*2-7H,1H3;2*2-5H,1H3;4*2-4H,1H3;2-3H,1H3;10*1-2H3. The van der Waals surface area contributed by atoms with Gasteiger partial charge in [0, 0.05) is 127 Å². The first-order valence-electron chi connectivity index (χ1n) is 36.0. The molecule has 13 rings (SSSR count). The van der Waals surface area contributed by atoms with Gasteiger partial charge in [0.2, 0.25) is 0 Å². The Kier molecular flexibility index (Phi) is 85.4. The van der Waals surface area contributed by atoms with Crippen LogP contribution in [0.15, 0.2) is 246 Å². The zero-order chi connectivity index (χ0) is 78.8. The van der Waals surface area contributed by atoms with E-state index in [0.717, 1.165) is 34.1 Å². The maximum atomic E-state index is 4.28. The van der Waals surface area contributed by atoms with Gasteiger partial charge in [0.1, 0.15) is 37.0 Å². The molecule has 16 heteroatoms. The lowest BCUT2D eigenvalue weighted by molar-refractivity contribution is 0.974. The van der Waals surface area contributed by atoms with Crippen LogP contribution in [0.1, 0.15) is 195 Å². The molecule has 0 radical (unpaired) electrons. The molecule has 3 aromatic carbocycles. The number of hydrogen-bond acceptors (Lipinski definition) is 16. The van der Waals surface area contributed by atoms with Crippen molar-refractivity contribution in [3.63, 3.8) is 0 Å². The molecule has 10 aromatic heterocycles. The third kappa shape index (κ3) is 59.6. The van der Waals surface area contributed by atoms with E-state index in [9.17, 15) is 0 Å². The molecule has 0 atom stereocenters. The number of fused-ring (bicyclic) bond motifs is 3. The van der Waals surface area contributed by atoms with Crippen molar-refractivity contribution in [2.75, 3.05) is 0 Å². The highest BCUT2D eigenvalue weighted by Crippen LogP contribution is 2.17. The summed E-state index contributed by atoms with van der Waals surface area (Å²) in [5, 5.41) is 6.23. The lowest BCUT2D eigenvalue weighted by Gasteiger charge is -1.98. The van der Waals surface area contributed by atoms with E-state index in [1.54, 1.807) is 74.2 Å². The molecule has 16 nitrogen and oxygen atoms in total. The molecule has 0 aliphatic rings. The van der Waals surface area contributed by atoms with Crippen molar-refractivity contribution in [1.82, 2.24) is 79.7 Å². The van der Waals surface area contributed by atoms with Crippen LogP contribution in [0, 0.1) is 69.2 Å². The monoisotopic (exact) mass is 1390 g/mol. The number of nitrogens with zero attached hydrogens (tertiary/aromatic N) is 16. The SMILES string of the molecule is CC.CC.CC.CC.CC.CC.CC.CC.CC.CC.Cc1cccc2cccnc12.Cc1cccc2ccncc12.Cc1cccc2cnccc12.Cc1cccnc1.Cc1ccncc1.Cc1ccncn1.Cc1cnccn1.Cc1cncnc1.Cc1ncccn1.Cc1ncncn1. The van der Waals surface area contributed by atoms with Crippen LogP contribution >= 0.6 is 0 Å². The number of aromatic nitrogens is 16. The number of benzene rings is 3. The summed E-state index contributed by atoms with van der Waals surface area (Å²) in [4.78, 5) is 61.9.